The van der Waals surface area contributed by atoms with Crippen LogP contribution in [0.5, 0.6) is 0 Å². The molecule has 154 valence electrons. The maximum absolute atomic E-state index is 5.45. The van der Waals surface area contributed by atoms with Gasteiger partial charge in [0.05, 0.1) is 12.2 Å². The van der Waals surface area contributed by atoms with E-state index in [0.717, 1.165) is 73.7 Å². The van der Waals surface area contributed by atoms with Gasteiger partial charge in [-0.2, -0.15) is 0 Å². The zero-order valence-electron chi connectivity index (χ0n) is 18.0. The van der Waals surface area contributed by atoms with Crippen LogP contribution in [0, 0.1) is 11.8 Å². The molecular weight excluding hydrogens is 338 g/mol. The first kappa shape index (κ1) is 21.7. The smallest absolute Gasteiger partial charge is 0.191 e. The van der Waals surface area contributed by atoms with Gasteiger partial charge in [0.25, 0.3) is 0 Å². The first-order valence-electron chi connectivity index (χ1n) is 10.8. The number of aromatic nitrogens is 1. The number of aryl methyl sites for hydroxylation is 2. The van der Waals surface area contributed by atoms with E-state index in [-0.39, 0.29) is 0 Å². The van der Waals surface area contributed by atoms with Crippen LogP contribution in [0.2, 0.25) is 0 Å². The minimum absolute atomic E-state index is 0.617. The monoisotopic (exact) mass is 377 g/mol. The fourth-order valence-electron chi connectivity index (χ4n) is 4.10. The van der Waals surface area contributed by atoms with Crippen LogP contribution in [-0.4, -0.2) is 48.7 Å². The van der Waals surface area contributed by atoms with Crippen LogP contribution in [-0.2, 0) is 19.4 Å². The number of piperidine rings is 1. The Morgan fingerprint density at radius 3 is 2.52 bits per heavy atom. The summed E-state index contributed by atoms with van der Waals surface area (Å²) in [6, 6.07) is 0. The van der Waals surface area contributed by atoms with Crippen molar-refractivity contribution in [2.45, 2.75) is 66.8 Å². The Morgan fingerprint density at radius 2 is 1.89 bits per heavy atom. The van der Waals surface area contributed by atoms with Crippen molar-refractivity contribution in [3.05, 3.63) is 17.0 Å². The molecule has 0 saturated carbocycles. The Morgan fingerprint density at radius 1 is 1.15 bits per heavy atom. The van der Waals surface area contributed by atoms with Crippen LogP contribution in [0.4, 0.5) is 0 Å². The molecule has 0 aromatic carbocycles. The number of likely N-dealkylation sites (tertiary alicyclic amines) is 1. The minimum Gasteiger partial charge on any atom is -0.361 e. The molecule has 0 amide bonds. The summed E-state index contributed by atoms with van der Waals surface area (Å²) in [5.41, 5.74) is 2.17. The molecule has 0 aliphatic carbocycles. The number of aliphatic imine (C=N–C) groups is 1. The Hall–Kier alpha value is -1.56. The number of nitrogens with one attached hydrogen (secondary N) is 2. The number of guanidine groups is 1. The summed E-state index contributed by atoms with van der Waals surface area (Å²) in [5, 5.41) is 11.0. The third-order valence-corrected chi connectivity index (χ3v) is 5.23. The topological polar surface area (TPSA) is 65.7 Å². The summed E-state index contributed by atoms with van der Waals surface area (Å²) >= 11 is 0. The Kier molecular flexibility index (Phi) is 9.11. The maximum atomic E-state index is 5.45. The SMILES string of the molecule is CCNC(=NCc1c(CC)noc1CC)NCCCN1CC(C)CC(C)C1. The second kappa shape index (κ2) is 11.3. The lowest BCUT2D eigenvalue weighted by atomic mass is 9.92. The lowest BCUT2D eigenvalue weighted by Gasteiger charge is -2.35. The maximum Gasteiger partial charge on any atom is 0.191 e. The van der Waals surface area contributed by atoms with Gasteiger partial charge in [-0.3, -0.25) is 0 Å². The van der Waals surface area contributed by atoms with Crippen molar-refractivity contribution in [2.24, 2.45) is 16.8 Å². The molecule has 6 heteroatoms. The van der Waals surface area contributed by atoms with Gasteiger partial charge in [-0.25, -0.2) is 4.99 Å². The van der Waals surface area contributed by atoms with E-state index < -0.39 is 0 Å². The molecule has 2 atom stereocenters. The number of nitrogens with zero attached hydrogens (tertiary/aromatic N) is 3. The summed E-state index contributed by atoms with van der Waals surface area (Å²) < 4.78 is 5.45. The molecule has 0 spiro atoms. The first-order chi connectivity index (χ1) is 13.1. The van der Waals surface area contributed by atoms with Crippen LogP contribution >= 0.6 is 0 Å². The average molecular weight is 378 g/mol. The molecule has 1 fully saturated rings. The predicted octanol–water partition coefficient (Wildman–Crippen LogP) is 3.22. The molecule has 0 bridgehead atoms. The molecule has 27 heavy (non-hydrogen) atoms. The van der Waals surface area contributed by atoms with E-state index in [1.165, 1.54) is 19.5 Å². The van der Waals surface area contributed by atoms with E-state index in [2.05, 4.69) is 55.3 Å². The summed E-state index contributed by atoms with van der Waals surface area (Å²) in [7, 11) is 0. The van der Waals surface area contributed by atoms with Crippen LogP contribution in [0.1, 0.15) is 64.5 Å². The molecule has 1 aromatic heterocycles. The Bertz CT molecular complexity index is 552. The fraction of sp³-hybridized carbons (Fsp3) is 0.810. The van der Waals surface area contributed by atoms with E-state index >= 15 is 0 Å². The zero-order valence-corrected chi connectivity index (χ0v) is 18.0. The lowest BCUT2D eigenvalue weighted by molar-refractivity contribution is 0.140. The van der Waals surface area contributed by atoms with Gasteiger partial charge < -0.3 is 20.1 Å². The minimum atomic E-state index is 0.617. The van der Waals surface area contributed by atoms with Crippen LogP contribution in [0.3, 0.4) is 0 Å². The van der Waals surface area contributed by atoms with Crippen molar-refractivity contribution in [3.63, 3.8) is 0 Å². The number of rotatable bonds is 9. The highest BCUT2D eigenvalue weighted by atomic mass is 16.5. The summed E-state index contributed by atoms with van der Waals surface area (Å²) in [6.07, 6.45) is 4.24. The number of hydrogen-bond donors (Lipinski definition) is 2. The average Bonchev–Trinajstić information content (AvgIpc) is 3.04. The van der Waals surface area contributed by atoms with Crippen molar-refractivity contribution in [3.8, 4) is 0 Å². The van der Waals surface area contributed by atoms with Crippen LogP contribution < -0.4 is 10.6 Å². The van der Waals surface area contributed by atoms with Gasteiger partial charge in [0.1, 0.15) is 5.76 Å². The van der Waals surface area contributed by atoms with Gasteiger partial charge in [0, 0.05) is 38.2 Å². The highest BCUT2D eigenvalue weighted by molar-refractivity contribution is 5.79. The van der Waals surface area contributed by atoms with Gasteiger partial charge in [-0.05, 0) is 44.6 Å². The van der Waals surface area contributed by atoms with E-state index in [4.69, 9.17) is 9.52 Å². The number of hydrogen-bond acceptors (Lipinski definition) is 4. The molecule has 2 unspecified atom stereocenters. The highest BCUT2D eigenvalue weighted by Crippen LogP contribution is 2.20. The third-order valence-electron chi connectivity index (χ3n) is 5.23. The van der Waals surface area contributed by atoms with E-state index in [1.54, 1.807) is 0 Å². The van der Waals surface area contributed by atoms with Gasteiger partial charge in [0.2, 0.25) is 0 Å². The predicted molar refractivity (Wildman–Crippen MR) is 112 cm³/mol. The molecule has 1 saturated heterocycles. The second-order valence-corrected chi connectivity index (χ2v) is 7.92. The van der Waals surface area contributed by atoms with Gasteiger partial charge in [-0.15, -0.1) is 0 Å². The van der Waals surface area contributed by atoms with E-state index in [1.807, 2.05) is 0 Å². The van der Waals surface area contributed by atoms with Crippen molar-refractivity contribution in [1.82, 2.24) is 20.7 Å². The summed E-state index contributed by atoms with van der Waals surface area (Å²) in [6.45, 7) is 17.1. The van der Waals surface area contributed by atoms with Gasteiger partial charge >= 0.3 is 0 Å². The van der Waals surface area contributed by atoms with Crippen LogP contribution in [0.25, 0.3) is 0 Å². The normalized spacial score (nSPS) is 21.4. The molecular formula is C21H39N5O. The summed E-state index contributed by atoms with van der Waals surface area (Å²) in [4.78, 5) is 7.38. The zero-order chi connectivity index (χ0) is 19.6. The standard InChI is InChI=1S/C21H39N5O/c1-6-19-18(20(7-2)27-25-19)13-24-21(22-8-3)23-10-9-11-26-14-16(4)12-17(5)15-26/h16-17H,6-15H2,1-5H3,(H2,22,23,24). The Labute approximate surface area is 165 Å². The quantitative estimate of drug-likeness (QED) is 0.393. The second-order valence-electron chi connectivity index (χ2n) is 7.92. The largest absolute Gasteiger partial charge is 0.361 e. The highest BCUT2D eigenvalue weighted by Gasteiger charge is 2.21. The molecule has 2 N–H and O–H groups in total. The van der Waals surface area contributed by atoms with Crippen molar-refractivity contribution in [2.75, 3.05) is 32.7 Å². The third kappa shape index (κ3) is 6.83. The van der Waals surface area contributed by atoms with Crippen LogP contribution in [0.15, 0.2) is 9.52 Å². The Balaban J connectivity index is 1.82. The van der Waals surface area contributed by atoms with E-state index in [9.17, 15) is 0 Å². The van der Waals surface area contributed by atoms with Crippen molar-refractivity contribution >= 4 is 5.96 Å². The molecule has 0 radical (unpaired) electrons. The molecule has 2 heterocycles. The molecule has 1 aliphatic heterocycles. The van der Waals surface area contributed by atoms with Crippen molar-refractivity contribution in [1.29, 1.82) is 0 Å². The van der Waals surface area contributed by atoms with Gasteiger partial charge in [-0.1, -0.05) is 32.9 Å². The fourth-order valence-corrected chi connectivity index (χ4v) is 4.10. The van der Waals surface area contributed by atoms with E-state index in [0.29, 0.717) is 6.54 Å². The molecule has 1 aliphatic rings. The first-order valence-corrected chi connectivity index (χ1v) is 10.8. The molecule has 6 nitrogen and oxygen atoms in total. The molecule has 2 rings (SSSR count). The lowest BCUT2D eigenvalue weighted by Crippen LogP contribution is -2.41. The van der Waals surface area contributed by atoms with Crippen molar-refractivity contribution < 1.29 is 4.52 Å². The molecule has 1 aromatic rings. The van der Waals surface area contributed by atoms with Gasteiger partial charge in [0.15, 0.2) is 5.96 Å². The summed E-state index contributed by atoms with van der Waals surface area (Å²) in [5.74, 6) is 3.48.